The number of carbonyl (C=O) groups excluding carboxylic acids is 1. The number of nitrogens with one attached hydrogen (secondary N) is 1. The summed E-state index contributed by atoms with van der Waals surface area (Å²) < 4.78 is 31.6. The second-order valence-corrected chi connectivity index (χ2v) is 5.92. The number of ether oxygens (including phenoxy) is 1. The molecule has 1 amide bonds. The van der Waals surface area contributed by atoms with Crippen molar-refractivity contribution in [3.05, 3.63) is 63.6 Å². The van der Waals surface area contributed by atoms with E-state index < -0.39 is 17.7 Å². The van der Waals surface area contributed by atoms with Gasteiger partial charge in [-0.25, -0.2) is 8.78 Å². The summed E-state index contributed by atoms with van der Waals surface area (Å²) in [6.07, 6.45) is -0.504. The van der Waals surface area contributed by atoms with Crippen molar-refractivity contribution in [3.63, 3.8) is 0 Å². The van der Waals surface area contributed by atoms with Gasteiger partial charge >= 0.3 is 0 Å². The lowest BCUT2D eigenvalue weighted by atomic mass is 10.1. The highest BCUT2D eigenvalue weighted by Crippen LogP contribution is 2.32. The van der Waals surface area contributed by atoms with E-state index in [1.54, 1.807) is 25.1 Å². The minimum absolute atomic E-state index is 0.221. The normalized spacial score (nSPS) is 11.9. The smallest absolute Gasteiger partial charge is 0.260 e. The van der Waals surface area contributed by atoms with Crippen molar-refractivity contribution in [3.8, 4) is 5.75 Å². The first-order chi connectivity index (χ1) is 11.4. The Morgan fingerprint density at radius 3 is 2.54 bits per heavy atom. The fraction of sp³-hybridized carbons (Fsp3) is 0.235. The van der Waals surface area contributed by atoms with E-state index in [1.165, 1.54) is 12.1 Å². The molecule has 0 saturated heterocycles. The summed E-state index contributed by atoms with van der Waals surface area (Å²) in [6.45, 7) is 1.78. The minimum atomic E-state index is -0.801. The molecule has 128 valence electrons. The maximum atomic E-state index is 13.1. The maximum absolute atomic E-state index is 13.1. The SMILES string of the molecule is CC(Oc1cccc(Cl)c1Cl)C(=O)NCCc1cc(F)cc(F)c1. The quantitative estimate of drug-likeness (QED) is 0.814. The second-order valence-electron chi connectivity index (χ2n) is 5.13. The van der Waals surface area contributed by atoms with Gasteiger partial charge in [0.05, 0.1) is 5.02 Å². The molecule has 2 aromatic rings. The third-order valence-corrected chi connectivity index (χ3v) is 4.03. The summed E-state index contributed by atoms with van der Waals surface area (Å²) in [6, 6.07) is 8.12. The summed E-state index contributed by atoms with van der Waals surface area (Å²) in [5, 5.41) is 3.20. The van der Waals surface area contributed by atoms with Crippen molar-refractivity contribution in [1.82, 2.24) is 5.32 Å². The number of rotatable bonds is 6. The highest BCUT2D eigenvalue weighted by atomic mass is 35.5. The molecule has 7 heteroatoms. The van der Waals surface area contributed by atoms with Crippen LogP contribution in [0.2, 0.25) is 10.0 Å². The molecule has 2 rings (SSSR count). The zero-order valence-corrected chi connectivity index (χ0v) is 14.3. The van der Waals surface area contributed by atoms with Gasteiger partial charge in [-0.15, -0.1) is 0 Å². The highest BCUT2D eigenvalue weighted by molar-refractivity contribution is 6.42. The summed E-state index contributed by atoms with van der Waals surface area (Å²) in [5.41, 5.74) is 0.458. The minimum Gasteiger partial charge on any atom is -0.479 e. The zero-order valence-electron chi connectivity index (χ0n) is 12.8. The lowest BCUT2D eigenvalue weighted by Crippen LogP contribution is -2.37. The van der Waals surface area contributed by atoms with Gasteiger partial charge in [0.2, 0.25) is 0 Å². The molecule has 24 heavy (non-hydrogen) atoms. The van der Waals surface area contributed by atoms with E-state index in [4.69, 9.17) is 27.9 Å². The first-order valence-electron chi connectivity index (χ1n) is 7.20. The number of hydrogen-bond acceptors (Lipinski definition) is 2. The van der Waals surface area contributed by atoms with Crippen LogP contribution < -0.4 is 10.1 Å². The lowest BCUT2D eigenvalue weighted by molar-refractivity contribution is -0.127. The van der Waals surface area contributed by atoms with Gasteiger partial charge in [-0.1, -0.05) is 29.3 Å². The predicted molar refractivity (Wildman–Crippen MR) is 89.6 cm³/mol. The lowest BCUT2D eigenvalue weighted by Gasteiger charge is -2.16. The Kier molecular flexibility index (Phi) is 6.40. The Balaban J connectivity index is 1.86. The Hall–Kier alpha value is -1.85. The average molecular weight is 374 g/mol. The van der Waals surface area contributed by atoms with Crippen molar-refractivity contribution < 1.29 is 18.3 Å². The van der Waals surface area contributed by atoms with Crippen LogP contribution in [0.3, 0.4) is 0 Å². The number of amides is 1. The number of carbonyl (C=O) groups is 1. The van der Waals surface area contributed by atoms with Gasteiger partial charge in [0.1, 0.15) is 22.4 Å². The van der Waals surface area contributed by atoms with Gasteiger partial charge in [-0.05, 0) is 43.2 Å². The van der Waals surface area contributed by atoms with Crippen LogP contribution in [0, 0.1) is 11.6 Å². The molecule has 0 spiro atoms. The Bertz CT molecular complexity index is 720. The number of hydrogen-bond donors (Lipinski definition) is 1. The Labute approximate surface area is 148 Å². The predicted octanol–water partition coefficient (Wildman–Crippen LogP) is 4.40. The largest absolute Gasteiger partial charge is 0.479 e. The Morgan fingerprint density at radius 2 is 1.88 bits per heavy atom. The van der Waals surface area contributed by atoms with E-state index in [0.717, 1.165) is 6.07 Å². The van der Waals surface area contributed by atoms with Crippen LogP contribution in [-0.2, 0) is 11.2 Å². The zero-order chi connectivity index (χ0) is 17.7. The molecule has 0 saturated carbocycles. The molecule has 1 atom stereocenters. The molecular weight excluding hydrogens is 359 g/mol. The topological polar surface area (TPSA) is 38.3 Å². The molecule has 1 unspecified atom stereocenters. The molecular formula is C17H15Cl2F2NO2. The van der Waals surface area contributed by atoms with Crippen LogP contribution in [0.5, 0.6) is 5.75 Å². The van der Waals surface area contributed by atoms with Gasteiger partial charge in [0.25, 0.3) is 5.91 Å². The third-order valence-electron chi connectivity index (χ3n) is 3.22. The summed E-state index contributed by atoms with van der Waals surface area (Å²) in [4.78, 5) is 12.0. The molecule has 0 heterocycles. The fourth-order valence-corrected chi connectivity index (χ4v) is 2.38. The van der Waals surface area contributed by atoms with Gasteiger partial charge in [0.15, 0.2) is 6.10 Å². The van der Waals surface area contributed by atoms with Crippen molar-refractivity contribution in [2.24, 2.45) is 0 Å². The van der Waals surface area contributed by atoms with Crippen molar-refractivity contribution in [2.45, 2.75) is 19.4 Å². The highest BCUT2D eigenvalue weighted by Gasteiger charge is 2.16. The first-order valence-corrected chi connectivity index (χ1v) is 7.96. The van der Waals surface area contributed by atoms with Crippen LogP contribution >= 0.6 is 23.2 Å². The average Bonchev–Trinajstić information content (AvgIpc) is 2.50. The fourth-order valence-electron chi connectivity index (χ4n) is 2.05. The third kappa shape index (κ3) is 5.08. The molecule has 0 aliphatic rings. The van der Waals surface area contributed by atoms with E-state index in [1.807, 2.05) is 0 Å². The summed E-state index contributed by atoms with van der Waals surface area (Å²) in [5.74, 6) is -1.37. The van der Waals surface area contributed by atoms with Crippen LogP contribution in [0.25, 0.3) is 0 Å². The van der Waals surface area contributed by atoms with Crippen molar-refractivity contribution in [1.29, 1.82) is 0 Å². The molecule has 2 aromatic carbocycles. The molecule has 0 bridgehead atoms. The standard InChI is InChI=1S/C17H15Cl2F2NO2/c1-10(24-15-4-2-3-14(18)16(15)19)17(23)22-6-5-11-7-12(20)9-13(21)8-11/h2-4,7-10H,5-6H2,1H3,(H,22,23). The van der Waals surface area contributed by atoms with E-state index in [-0.39, 0.29) is 17.5 Å². The van der Waals surface area contributed by atoms with Crippen LogP contribution in [0.1, 0.15) is 12.5 Å². The van der Waals surface area contributed by atoms with Crippen molar-refractivity contribution in [2.75, 3.05) is 6.54 Å². The van der Waals surface area contributed by atoms with Gasteiger partial charge in [0, 0.05) is 12.6 Å². The molecule has 3 nitrogen and oxygen atoms in total. The number of halogens is 4. The molecule has 0 aliphatic heterocycles. The summed E-state index contributed by atoms with van der Waals surface area (Å²) >= 11 is 11.9. The molecule has 0 fully saturated rings. The molecule has 1 N–H and O–H groups in total. The van der Waals surface area contributed by atoms with Crippen LogP contribution in [0.4, 0.5) is 8.78 Å². The Morgan fingerprint density at radius 1 is 1.21 bits per heavy atom. The summed E-state index contributed by atoms with van der Waals surface area (Å²) in [7, 11) is 0. The van der Waals surface area contributed by atoms with E-state index in [2.05, 4.69) is 5.32 Å². The van der Waals surface area contributed by atoms with Gasteiger partial charge in [-0.3, -0.25) is 4.79 Å². The van der Waals surface area contributed by atoms with E-state index in [0.29, 0.717) is 22.8 Å². The van der Waals surface area contributed by atoms with Gasteiger partial charge in [-0.2, -0.15) is 0 Å². The maximum Gasteiger partial charge on any atom is 0.260 e. The molecule has 0 aliphatic carbocycles. The van der Waals surface area contributed by atoms with E-state index in [9.17, 15) is 13.6 Å². The first kappa shape index (κ1) is 18.5. The molecule has 0 aromatic heterocycles. The molecule has 0 radical (unpaired) electrons. The van der Waals surface area contributed by atoms with Gasteiger partial charge < -0.3 is 10.1 Å². The second kappa shape index (κ2) is 8.31. The van der Waals surface area contributed by atoms with E-state index >= 15 is 0 Å². The number of benzene rings is 2. The monoisotopic (exact) mass is 373 g/mol. The van der Waals surface area contributed by atoms with Crippen LogP contribution in [0.15, 0.2) is 36.4 Å². The van der Waals surface area contributed by atoms with Crippen LogP contribution in [-0.4, -0.2) is 18.6 Å². The van der Waals surface area contributed by atoms with Crippen molar-refractivity contribution >= 4 is 29.1 Å².